The third-order valence-corrected chi connectivity index (χ3v) is 4.19. The largest absolute Gasteiger partial charge is 0.493 e. The number of fused-ring (bicyclic) bond motifs is 1. The van der Waals surface area contributed by atoms with E-state index in [0.717, 1.165) is 17.2 Å². The van der Waals surface area contributed by atoms with E-state index in [2.05, 4.69) is 38.8 Å². The first-order valence-electron chi connectivity index (χ1n) is 5.93. The molecule has 17 heavy (non-hydrogen) atoms. The predicted molar refractivity (Wildman–Crippen MR) is 70.4 cm³/mol. The SMILES string of the molecule is COc1ccc2c(c1OC)N(C)C(C)C2(C)C. The van der Waals surface area contributed by atoms with Crippen molar-refractivity contribution in [1.82, 2.24) is 0 Å². The summed E-state index contributed by atoms with van der Waals surface area (Å²) >= 11 is 0. The Hall–Kier alpha value is -1.38. The number of ether oxygens (including phenoxy) is 2. The molecule has 0 saturated carbocycles. The highest BCUT2D eigenvalue weighted by atomic mass is 16.5. The normalized spacial score (nSPS) is 21.3. The summed E-state index contributed by atoms with van der Waals surface area (Å²) in [4.78, 5) is 2.27. The van der Waals surface area contributed by atoms with E-state index in [1.807, 2.05) is 6.07 Å². The van der Waals surface area contributed by atoms with Gasteiger partial charge in [0, 0.05) is 18.5 Å². The fourth-order valence-corrected chi connectivity index (χ4v) is 2.68. The van der Waals surface area contributed by atoms with Gasteiger partial charge in [-0.25, -0.2) is 0 Å². The van der Waals surface area contributed by atoms with E-state index in [4.69, 9.17) is 9.47 Å². The summed E-state index contributed by atoms with van der Waals surface area (Å²) in [5, 5.41) is 0. The van der Waals surface area contributed by atoms with Crippen LogP contribution in [0.4, 0.5) is 5.69 Å². The van der Waals surface area contributed by atoms with Gasteiger partial charge in [-0.3, -0.25) is 0 Å². The third kappa shape index (κ3) is 1.48. The van der Waals surface area contributed by atoms with Crippen LogP contribution in [0, 0.1) is 0 Å². The molecule has 0 aliphatic carbocycles. The molecule has 2 rings (SSSR count). The van der Waals surface area contributed by atoms with Gasteiger partial charge in [0.2, 0.25) is 0 Å². The zero-order chi connectivity index (χ0) is 12.8. The molecule has 0 fully saturated rings. The van der Waals surface area contributed by atoms with E-state index in [0.29, 0.717) is 6.04 Å². The van der Waals surface area contributed by atoms with Crippen molar-refractivity contribution in [2.75, 3.05) is 26.2 Å². The summed E-state index contributed by atoms with van der Waals surface area (Å²) in [5.74, 6) is 1.63. The molecule has 1 aromatic carbocycles. The average molecular weight is 235 g/mol. The quantitative estimate of drug-likeness (QED) is 0.786. The van der Waals surface area contributed by atoms with Crippen LogP contribution >= 0.6 is 0 Å². The van der Waals surface area contributed by atoms with Crippen LogP contribution in [0.1, 0.15) is 26.3 Å². The lowest BCUT2D eigenvalue weighted by Crippen LogP contribution is -2.36. The van der Waals surface area contributed by atoms with Crippen LogP contribution in [0.3, 0.4) is 0 Å². The number of hydrogen-bond donors (Lipinski definition) is 0. The molecule has 0 amide bonds. The molecule has 0 saturated heterocycles. The number of likely N-dealkylation sites (N-methyl/N-ethyl adjacent to an activating group) is 1. The van der Waals surface area contributed by atoms with Crippen LogP contribution in [-0.2, 0) is 5.41 Å². The molecule has 1 atom stereocenters. The Labute approximate surface area is 103 Å². The molecular weight excluding hydrogens is 214 g/mol. The number of benzene rings is 1. The van der Waals surface area contributed by atoms with Gasteiger partial charge in [-0.1, -0.05) is 19.9 Å². The van der Waals surface area contributed by atoms with Crippen LogP contribution in [-0.4, -0.2) is 27.3 Å². The Kier molecular flexibility index (Phi) is 2.72. The van der Waals surface area contributed by atoms with E-state index in [-0.39, 0.29) is 5.41 Å². The molecule has 0 N–H and O–H groups in total. The van der Waals surface area contributed by atoms with Crippen molar-refractivity contribution in [2.24, 2.45) is 0 Å². The van der Waals surface area contributed by atoms with Crippen molar-refractivity contribution in [3.05, 3.63) is 17.7 Å². The first-order chi connectivity index (χ1) is 7.95. The van der Waals surface area contributed by atoms with Crippen LogP contribution in [0.5, 0.6) is 11.5 Å². The zero-order valence-corrected chi connectivity index (χ0v) is 11.5. The molecule has 0 spiro atoms. The summed E-state index contributed by atoms with van der Waals surface area (Å²) < 4.78 is 10.9. The van der Waals surface area contributed by atoms with Crippen LogP contribution in [0.15, 0.2) is 12.1 Å². The summed E-state index contributed by atoms with van der Waals surface area (Å²) in [7, 11) is 5.48. The van der Waals surface area contributed by atoms with Gasteiger partial charge in [-0.2, -0.15) is 0 Å². The fraction of sp³-hybridized carbons (Fsp3) is 0.571. The molecular formula is C14H21NO2. The van der Waals surface area contributed by atoms with Crippen molar-refractivity contribution in [3.63, 3.8) is 0 Å². The molecule has 1 aromatic rings. The topological polar surface area (TPSA) is 21.7 Å². The highest BCUT2D eigenvalue weighted by Crippen LogP contribution is 2.51. The van der Waals surface area contributed by atoms with E-state index < -0.39 is 0 Å². The van der Waals surface area contributed by atoms with Gasteiger partial charge < -0.3 is 14.4 Å². The number of anilines is 1. The Morgan fingerprint density at radius 3 is 2.35 bits per heavy atom. The Morgan fingerprint density at radius 1 is 1.18 bits per heavy atom. The number of nitrogens with zero attached hydrogens (tertiary/aromatic N) is 1. The van der Waals surface area contributed by atoms with Crippen molar-refractivity contribution >= 4 is 5.69 Å². The van der Waals surface area contributed by atoms with E-state index in [1.54, 1.807) is 14.2 Å². The lowest BCUT2D eigenvalue weighted by molar-refractivity contribution is 0.355. The maximum atomic E-state index is 5.52. The number of rotatable bonds is 2. The van der Waals surface area contributed by atoms with Gasteiger partial charge in [0.05, 0.1) is 19.9 Å². The van der Waals surface area contributed by atoms with E-state index in [9.17, 15) is 0 Å². The van der Waals surface area contributed by atoms with Crippen LogP contribution in [0.2, 0.25) is 0 Å². The molecule has 1 unspecified atom stereocenters. The van der Waals surface area contributed by atoms with Gasteiger partial charge in [0.25, 0.3) is 0 Å². The Morgan fingerprint density at radius 2 is 1.82 bits per heavy atom. The molecule has 0 aromatic heterocycles. The Bertz CT molecular complexity index is 440. The second kappa shape index (κ2) is 3.83. The summed E-state index contributed by atoms with van der Waals surface area (Å²) in [6.45, 7) is 6.78. The van der Waals surface area contributed by atoms with Gasteiger partial charge in [-0.15, -0.1) is 0 Å². The predicted octanol–water partition coefficient (Wildman–Crippen LogP) is 2.82. The molecule has 1 heterocycles. The lowest BCUT2D eigenvalue weighted by Gasteiger charge is -2.28. The van der Waals surface area contributed by atoms with Crippen molar-refractivity contribution < 1.29 is 9.47 Å². The highest BCUT2D eigenvalue weighted by Gasteiger charge is 2.42. The zero-order valence-electron chi connectivity index (χ0n) is 11.5. The Balaban J connectivity index is 2.69. The van der Waals surface area contributed by atoms with Gasteiger partial charge in [0.15, 0.2) is 11.5 Å². The van der Waals surface area contributed by atoms with Crippen molar-refractivity contribution in [1.29, 1.82) is 0 Å². The maximum absolute atomic E-state index is 5.52. The van der Waals surface area contributed by atoms with Crippen molar-refractivity contribution in [2.45, 2.75) is 32.2 Å². The minimum atomic E-state index is 0.129. The molecule has 0 radical (unpaired) electrons. The van der Waals surface area contributed by atoms with Crippen molar-refractivity contribution in [3.8, 4) is 11.5 Å². The fourth-order valence-electron chi connectivity index (χ4n) is 2.68. The minimum Gasteiger partial charge on any atom is -0.493 e. The monoisotopic (exact) mass is 235 g/mol. The maximum Gasteiger partial charge on any atom is 0.184 e. The molecule has 1 aliphatic heterocycles. The second-order valence-corrected chi connectivity index (χ2v) is 5.21. The van der Waals surface area contributed by atoms with E-state index >= 15 is 0 Å². The second-order valence-electron chi connectivity index (χ2n) is 5.21. The first-order valence-corrected chi connectivity index (χ1v) is 5.93. The van der Waals surface area contributed by atoms with Gasteiger partial charge in [0.1, 0.15) is 0 Å². The summed E-state index contributed by atoms with van der Waals surface area (Å²) in [6.07, 6.45) is 0. The standard InChI is InChI=1S/C14H21NO2/c1-9-14(2,3)10-7-8-11(16-5)13(17-6)12(10)15(9)4/h7-9H,1-6H3. The minimum absolute atomic E-state index is 0.129. The highest BCUT2D eigenvalue weighted by molar-refractivity contribution is 5.74. The van der Waals surface area contributed by atoms with E-state index in [1.165, 1.54) is 5.56 Å². The molecule has 0 bridgehead atoms. The third-order valence-electron chi connectivity index (χ3n) is 4.19. The first kappa shape index (κ1) is 12.1. The molecule has 1 aliphatic rings. The number of methoxy groups -OCH3 is 2. The number of hydrogen-bond acceptors (Lipinski definition) is 3. The molecule has 3 heteroatoms. The summed E-state index contributed by atoms with van der Waals surface area (Å²) in [6, 6.07) is 4.58. The van der Waals surface area contributed by atoms with Gasteiger partial charge in [-0.05, 0) is 18.6 Å². The van der Waals surface area contributed by atoms with Crippen LogP contribution in [0.25, 0.3) is 0 Å². The molecule has 3 nitrogen and oxygen atoms in total. The smallest absolute Gasteiger partial charge is 0.184 e. The van der Waals surface area contributed by atoms with Crippen LogP contribution < -0.4 is 14.4 Å². The van der Waals surface area contributed by atoms with Gasteiger partial charge >= 0.3 is 0 Å². The lowest BCUT2D eigenvalue weighted by atomic mass is 9.81. The summed E-state index contributed by atoms with van der Waals surface area (Å²) in [5.41, 5.74) is 2.61. The molecule has 94 valence electrons. The average Bonchev–Trinajstić information content (AvgIpc) is 2.50.